The van der Waals surface area contributed by atoms with Crippen molar-refractivity contribution in [2.24, 2.45) is 5.16 Å². The highest BCUT2D eigenvalue weighted by Gasteiger charge is 2.27. The van der Waals surface area contributed by atoms with Crippen LogP contribution in [0.5, 0.6) is 0 Å². The largest absolute Gasteiger partial charge is 0.480 e. The Balaban J connectivity index is 1.42. The third kappa shape index (κ3) is 6.27. The van der Waals surface area contributed by atoms with Gasteiger partial charge in [-0.1, -0.05) is 36.3 Å². The van der Waals surface area contributed by atoms with Crippen molar-refractivity contribution in [2.75, 3.05) is 32.8 Å². The van der Waals surface area contributed by atoms with Crippen LogP contribution in [-0.4, -0.2) is 72.5 Å². The average Bonchev–Trinajstić information content (AvgIpc) is 3.20. The molecule has 1 saturated heterocycles. The molecule has 1 atom stereocenters. The fourth-order valence-corrected chi connectivity index (χ4v) is 3.61. The van der Waals surface area contributed by atoms with Gasteiger partial charge in [0, 0.05) is 38.2 Å². The number of oxime groups is 1. The molecule has 8 heteroatoms. The van der Waals surface area contributed by atoms with Crippen LogP contribution in [0.3, 0.4) is 0 Å². The molecular formula is C21H30N4O4. The molecule has 0 spiro atoms. The van der Waals surface area contributed by atoms with Gasteiger partial charge < -0.3 is 20.0 Å². The van der Waals surface area contributed by atoms with Gasteiger partial charge in [0.05, 0.1) is 11.8 Å². The van der Waals surface area contributed by atoms with E-state index in [2.05, 4.69) is 22.3 Å². The van der Waals surface area contributed by atoms with Gasteiger partial charge in [-0.3, -0.25) is 10.3 Å². The number of ether oxygens (including phenoxy) is 1. The van der Waals surface area contributed by atoms with Crippen molar-refractivity contribution in [1.29, 1.82) is 5.41 Å². The van der Waals surface area contributed by atoms with Crippen LogP contribution in [0.15, 0.2) is 29.4 Å². The van der Waals surface area contributed by atoms with Gasteiger partial charge in [-0.25, -0.2) is 4.79 Å². The van der Waals surface area contributed by atoms with E-state index in [1.165, 1.54) is 0 Å². The minimum Gasteiger partial charge on any atom is -0.480 e. The molecule has 1 fully saturated rings. The predicted molar refractivity (Wildman–Crippen MR) is 111 cm³/mol. The van der Waals surface area contributed by atoms with Gasteiger partial charge in [-0.05, 0) is 24.8 Å². The lowest BCUT2D eigenvalue weighted by atomic mass is 10.0. The van der Waals surface area contributed by atoms with Gasteiger partial charge in [0.2, 0.25) is 0 Å². The Morgan fingerprint density at radius 3 is 2.72 bits per heavy atom. The molecule has 1 unspecified atom stereocenters. The van der Waals surface area contributed by atoms with Crippen LogP contribution in [0.1, 0.15) is 43.7 Å². The number of amidine groups is 1. The first-order chi connectivity index (χ1) is 14.0. The van der Waals surface area contributed by atoms with E-state index in [1.54, 1.807) is 0 Å². The van der Waals surface area contributed by atoms with Crippen LogP contribution in [0, 0.1) is 5.41 Å². The van der Waals surface area contributed by atoms with Crippen molar-refractivity contribution in [3.05, 3.63) is 35.4 Å². The molecular weight excluding hydrogens is 372 g/mol. The Hall–Kier alpha value is -2.45. The molecule has 1 aromatic rings. The summed E-state index contributed by atoms with van der Waals surface area (Å²) in [6.45, 7) is 5.21. The minimum atomic E-state index is -0.918. The normalized spacial score (nSPS) is 20.2. The van der Waals surface area contributed by atoms with Crippen LogP contribution in [0.4, 0.5) is 0 Å². The Morgan fingerprint density at radius 2 is 2.07 bits per heavy atom. The monoisotopic (exact) mass is 402 g/mol. The molecule has 0 radical (unpaired) electrons. The summed E-state index contributed by atoms with van der Waals surface area (Å²) >= 11 is 0. The van der Waals surface area contributed by atoms with Gasteiger partial charge in [0.15, 0.2) is 0 Å². The van der Waals surface area contributed by atoms with E-state index in [9.17, 15) is 4.79 Å². The van der Waals surface area contributed by atoms with Crippen molar-refractivity contribution in [1.82, 2.24) is 10.2 Å². The fourth-order valence-electron chi connectivity index (χ4n) is 3.61. The highest BCUT2D eigenvalue weighted by atomic mass is 16.6. The third-order valence-corrected chi connectivity index (χ3v) is 5.23. The van der Waals surface area contributed by atoms with Crippen molar-refractivity contribution < 1.29 is 19.5 Å². The number of piperidine rings is 1. The van der Waals surface area contributed by atoms with Gasteiger partial charge in [0.25, 0.3) is 0 Å². The Morgan fingerprint density at radius 1 is 1.34 bits per heavy atom. The van der Waals surface area contributed by atoms with Crippen LogP contribution in [0.25, 0.3) is 0 Å². The molecule has 0 amide bonds. The summed E-state index contributed by atoms with van der Waals surface area (Å²) in [6.07, 6.45) is 3.50. The molecule has 2 aliphatic heterocycles. The summed E-state index contributed by atoms with van der Waals surface area (Å²) in [7, 11) is 0. The van der Waals surface area contributed by atoms with E-state index < -0.39 is 5.97 Å². The second-order valence-corrected chi connectivity index (χ2v) is 7.55. The number of aliphatic carboxylic acids is 1. The Bertz CT molecular complexity index is 727. The van der Waals surface area contributed by atoms with E-state index >= 15 is 0 Å². The third-order valence-electron chi connectivity index (χ3n) is 5.23. The Labute approximate surface area is 171 Å². The fraction of sp³-hybridized carbons (Fsp3) is 0.571. The number of nitrogens with one attached hydrogen (secondary N) is 2. The summed E-state index contributed by atoms with van der Waals surface area (Å²) in [5, 5.41) is 24.1. The standard InChI is InChI=1S/C21H30N4O4/c1-2-9-23-21(22)16-5-3-15(4-6-16)19-12-18(29-24-19)13-25-10-7-17(8-11-25)28-14-20(26)27/h3-6,17-18H,2,7-14H2,1H3,(H2,22,23)(H,26,27). The summed E-state index contributed by atoms with van der Waals surface area (Å²) in [5.41, 5.74) is 2.83. The zero-order valence-corrected chi connectivity index (χ0v) is 16.9. The summed E-state index contributed by atoms with van der Waals surface area (Å²) in [5.74, 6) is -0.477. The van der Waals surface area contributed by atoms with Crippen LogP contribution in [0.2, 0.25) is 0 Å². The maximum absolute atomic E-state index is 10.6. The molecule has 158 valence electrons. The van der Waals surface area contributed by atoms with E-state index in [0.29, 0.717) is 5.84 Å². The van der Waals surface area contributed by atoms with E-state index in [1.807, 2.05) is 24.3 Å². The van der Waals surface area contributed by atoms with Crippen molar-refractivity contribution in [2.45, 2.75) is 44.8 Å². The molecule has 3 rings (SSSR count). The number of carboxylic acids is 1. The van der Waals surface area contributed by atoms with Gasteiger partial charge in [0.1, 0.15) is 18.5 Å². The van der Waals surface area contributed by atoms with Gasteiger partial charge >= 0.3 is 5.97 Å². The van der Waals surface area contributed by atoms with Crippen molar-refractivity contribution >= 4 is 17.5 Å². The molecule has 1 aromatic carbocycles. The average molecular weight is 402 g/mol. The quantitative estimate of drug-likeness (QED) is 0.431. The lowest BCUT2D eigenvalue weighted by molar-refractivity contribution is -0.145. The summed E-state index contributed by atoms with van der Waals surface area (Å²) in [4.78, 5) is 18.6. The number of hydrogen-bond donors (Lipinski definition) is 3. The second-order valence-electron chi connectivity index (χ2n) is 7.55. The molecule has 8 nitrogen and oxygen atoms in total. The number of carboxylic acid groups (broad SMARTS) is 1. The number of nitrogens with zero attached hydrogens (tertiary/aromatic N) is 2. The highest BCUT2D eigenvalue weighted by molar-refractivity contribution is 6.02. The van der Waals surface area contributed by atoms with E-state index in [4.69, 9.17) is 20.1 Å². The maximum atomic E-state index is 10.6. The molecule has 3 N–H and O–H groups in total. The minimum absolute atomic E-state index is 0.0303. The number of benzene rings is 1. The van der Waals surface area contributed by atoms with Crippen LogP contribution >= 0.6 is 0 Å². The molecule has 0 aromatic heterocycles. The molecule has 2 heterocycles. The second kappa shape index (κ2) is 10.4. The summed E-state index contributed by atoms with van der Waals surface area (Å²) in [6, 6.07) is 7.87. The SMILES string of the molecule is CCCNC(=N)c1ccc(C2=NOC(CN3CCC(OCC(=O)O)CC3)C2)cc1. The molecule has 0 bridgehead atoms. The maximum Gasteiger partial charge on any atom is 0.329 e. The number of hydrogen-bond acceptors (Lipinski definition) is 6. The molecule has 29 heavy (non-hydrogen) atoms. The van der Waals surface area contributed by atoms with Crippen molar-refractivity contribution in [3.63, 3.8) is 0 Å². The zero-order chi connectivity index (χ0) is 20.6. The number of carbonyl (C=O) groups is 1. The highest BCUT2D eigenvalue weighted by Crippen LogP contribution is 2.20. The molecule has 0 saturated carbocycles. The van der Waals surface area contributed by atoms with Crippen molar-refractivity contribution in [3.8, 4) is 0 Å². The van der Waals surface area contributed by atoms with Gasteiger partial charge in [-0.2, -0.15) is 0 Å². The van der Waals surface area contributed by atoms with Gasteiger partial charge in [-0.15, -0.1) is 0 Å². The lowest BCUT2D eigenvalue weighted by Crippen LogP contribution is -2.41. The van der Waals surface area contributed by atoms with E-state index in [-0.39, 0.29) is 18.8 Å². The molecule has 2 aliphatic rings. The lowest BCUT2D eigenvalue weighted by Gasteiger charge is -2.32. The first-order valence-electron chi connectivity index (χ1n) is 10.3. The number of rotatable bonds is 9. The number of likely N-dealkylation sites (tertiary alicyclic amines) is 1. The first-order valence-corrected chi connectivity index (χ1v) is 10.3. The van der Waals surface area contributed by atoms with Crippen LogP contribution < -0.4 is 5.32 Å². The van der Waals surface area contributed by atoms with E-state index in [0.717, 1.165) is 68.7 Å². The Kier molecular flexibility index (Phi) is 7.60. The first kappa shape index (κ1) is 21.3. The smallest absolute Gasteiger partial charge is 0.329 e. The predicted octanol–water partition coefficient (Wildman–Crippen LogP) is 2.07. The zero-order valence-electron chi connectivity index (χ0n) is 16.9. The topological polar surface area (TPSA) is 107 Å². The van der Waals surface area contributed by atoms with Crippen LogP contribution in [-0.2, 0) is 14.4 Å². The summed E-state index contributed by atoms with van der Waals surface area (Å²) < 4.78 is 5.39. The molecule has 0 aliphatic carbocycles.